The first kappa shape index (κ1) is 14.8. The number of nitrogens with two attached hydrogens (primary N) is 1. The number of nitrogens with one attached hydrogen (secondary N) is 1. The van der Waals surface area contributed by atoms with E-state index in [0.29, 0.717) is 5.92 Å². The lowest BCUT2D eigenvalue weighted by atomic mass is 9.90. The van der Waals surface area contributed by atoms with Crippen LogP contribution in [-0.4, -0.2) is 28.5 Å². The summed E-state index contributed by atoms with van der Waals surface area (Å²) in [5.74, 6) is 6.14. The van der Waals surface area contributed by atoms with Crippen molar-refractivity contribution in [3.05, 3.63) is 16.4 Å². The molecule has 0 saturated carbocycles. The molecule has 19 heavy (non-hydrogen) atoms. The maximum Gasteiger partial charge on any atom is 0.0850 e. The molecule has 1 fully saturated rings. The van der Waals surface area contributed by atoms with Gasteiger partial charge in [-0.1, -0.05) is 18.5 Å². The summed E-state index contributed by atoms with van der Waals surface area (Å²) in [5, 5.41) is 5.22. The summed E-state index contributed by atoms with van der Waals surface area (Å²) < 4.78 is 7.49. The van der Waals surface area contributed by atoms with Crippen LogP contribution in [0.3, 0.4) is 0 Å². The van der Waals surface area contributed by atoms with Crippen LogP contribution in [0.25, 0.3) is 0 Å². The third-order valence-corrected chi connectivity index (χ3v) is 4.52. The summed E-state index contributed by atoms with van der Waals surface area (Å²) >= 11 is 6.39. The van der Waals surface area contributed by atoms with Crippen molar-refractivity contribution in [2.75, 3.05) is 6.61 Å². The Morgan fingerprint density at radius 3 is 2.84 bits per heavy atom. The average molecular weight is 287 g/mol. The maximum atomic E-state index is 6.39. The SMILES string of the molecule is CCc1nn(C)c(CC(NN)C2CCOC2C)c1Cl. The molecule has 2 heterocycles. The molecular formula is C13H23ClN4O. The molecule has 3 atom stereocenters. The van der Waals surface area contributed by atoms with Gasteiger partial charge in [-0.25, -0.2) is 0 Å². The number of nitrogens with zero attached hydrogens (tertiary/aromatic N) is 2. The van der Waals surface area contributed by atoms with Crippen LogP contribution in [0.2, 0.25) is 5.02 Å². The number of ether oxygens (including phenoxy) is 1. The van der Waals surface area contributed by atoms with E-state index in [1.165, 1.54) is 0 Å². The zero-order valence-corrected chi connectivity index (χ0v) is 12.6. The number of halogens is 1. The number of rotatable bonds is 5. The summed E-state index contributed by atoms with van der Waals surface area (Å²) in [5.41, 5.74) is 4.92. The molecule has 1 aliphatic heterocycles. The van der Waals surface area contributed by atoms with Gasteiger partial charge in [-0.15, -0.1) is 0 Å². The number of hydrogen-bond acceptors (Lipinski definition) is 4. The van der Waals surface area contributed by atoms with Gasteiger partial charge in [0.2, 0.25) is 0 Å². The molecule has 0 radical (unpaired) electrons. The molecule has 2 rings (SSSR count). The highest BCUT2D eigenvalue weighted by Gasteiger charge is 2.32. The Morgan fingerprint density at radius 1 is 1.63 bits per heavy atom. The van der Waals surface area contributed by atoms with Gasteiger partial charge in [0, 0.05) is 32.0 Å². The monoisotopic (exact) mass is 286 g/mol. The van der Waals surface area contributed by atoms with E-state index in [4.69, 9.17) is 22.2 Å². The molecule has 0 amide bonds. The molecule has 0 aromatic carbocycles. The van der Waals surface area contributed by atoms with Gasteiger partial charge in [0.15, 0.2) is 0 Å². The first-order chi connectivity index (χ1) is 9.08. The lowest BCUT2D eigenvalue weighted by molar-refractivity contribution is 0.0951. The van der Waals surface area contributed by atoms with Gasteiger partial charge in [-0.3, -0.25) is 16.0 Å². The first-order valence-corrected chi connectivity index (χ1v) is 7.24. The van der Waals surface area contributed by atoms with Crippen molar-refractivity contribution in [3.63, 3.8) is 0 Å². The Balaban J connectivity index is 2.16. The molecule has 1 aromatic heterocycles. The number of hydrogen-bond donors (Lipinski definition) is 2. The zero-order chi connectivity index (χ0) is 14.0. The van der Waals surface area contributed by atoms with E-state index in [1.807, 2.05) is 11.7 Å². The van der Waals surface area contributed by atoms with Crippen LogP contribution in [0.5, 0.6) is 0 Å². The summed E-state index contributed by atoms with van der Waals surface area (Å²) in [6, 6.07) is 0.162. The molecule has 0 aliphatic carbocycles. The molecule has 3 unspecified atom stereocenters. The van der Waals surface area contributed by atoms with Crippen molar-refractivity contribution < 1.29 is 4.74 Å². The highest BCUT2D eigenvalue weighted by atomic mass is 35.5. The van der Waals surface area contributed by atoms with Gasteiger partial charge < -0.3 is 4.74 Å². The van der Waals surface area contributed by atoms with Crippen LogP contribution in [-0.2, 0) is 24.6 Å². The fraction of sp³-hybridized carbons (Fsp3) is 0.769. The Bertz CT molecular complexity index is 435. The van der Waals surface area contributed by atoms with Crippen molar-refractivity contribution in [1.29, 1.82) is 0 Å². The van der Waals surface area contributed by atoms with Crippen LogP contribution >= 0.6 is 11.6 Å². The number of hydrazine groups is 1. The van der Waals surface area contributed by atoms with Crippen LogP contribution in [0, 0.1) is 5.92 Å². The molecule has 6 heteroatoms. The van der Waals surface area contributed by atoms with Gasteiger partial charge >= 0.3 is 0 Å². The van der Waals surface area contributed by atoms with E-state index < -0.39 is 0 Å². The zero-order valence-electron chi connectivity index (χ0n) is 11.8. The van der Waals surface area contributed by atoms with Gasteiger partial charge in [-0.2, -0.15) is 5.10 Å². The molecule has 108 valence electrons. The van der Waals surface area contributed by atoms with Gasteiger partial charge in [-0.05, 0) is 19.8 Å². The second kappa shape index (κ2) is 6.22. The topological polar surface area (TPSA) is 65.1 Å². The lowest BCUT2D eigenvalue weighted by Gasteiger charge is -2.25. The van der Waals surface area contributed by atoms with E-state index in [2.05, 4.69) is 24.4 Å². The van der Waals surface area contributed by atoms with Gasteiger partial charge in [0.25, 0.3) is 0 Å². The number of aryl methyl sites for hydroxylation is 2. The van der Waals surface area contributed by atoms with Gasteiger partial charge in [0.1, 0.15) is 0 Å². The summed E-state index contributed by atoms with van der Waals surface area (Å²) in [6.07, 6.45) is 2.89. The Morgan fingerprint density at radius 2 is 2.37 bits per heavy atom. The largest absolute Gasteiger partial charge is 0.378 e. The van der Waals surface area contributed by atoms with Crippen molar-refractivity contribution in [1.82, 2.24) is 15.2 Å². The van der Waals surface area contributed by atoms with Crippen molar-refractivity contribution in [2.45, 2.75) is 45.3 Å². The van der Waals surface area contributed by atoms with Crippen LogP contribution < -0.4 is 11.3 Å². The molecular weight excluding hydrogens is 264 g/mol. The summed E-state index contributed by atoms with van der Waals surface area (Å²) in [7, 11) is 1.93. The molecule has 1 saturated heterocycles. The first-order valence-electron chi connectivity index (χ1n) is 6.86. The Kier molecular flexibility index (Phi) is 4.84. The molecule has 5 nitrogen and oxygen atoms in total. The fourth-order valence-corrected chi connectivity index (χ4v) is 3.23. The number of aromatic nitrogens is 2. The van der Waals surface area contributed by atoms with Crippen LogP contribution in [0.4, 0.5) is 0 Å². The van der Waals surface area contributed by atoms with Gasteiger partial charge in [0.05, 0.1) is 22.5 Å². The normalized spacial score (nSPS) is 24.9. The third kappa shape index (κ3) is 2.94. The summed E-state index contributed by atoms with van der Waals surface area (Å²) in [4.78, 5) is 0. The van der Waals surface area contributed by atoms with Crippen LogP contribution in [0.15, 0.2) is 0 Å². The molecule has 1 aliphatic rings. The molecule has 0 spiro atoms. The maximum absolute atomic E-state index is 6.39. The van der Waals surface area contributed by atoms with Crippen molar-refractivity contribution >= 4 is 11.6 Å². The molecule has 1 aromatic rings. The van der Waals surface area contributed by atoms with E-state index in [9.17, 15) is 0 Å². The van der Waals surface area contributed by atoms with Crippen molar-refractivity contribution in [3.8, 4) is 0 Å². The smallest absolute Gasteiger partial charge is 0.0850 e. The van der Waals surface area contributed by atoms with Crippen LogP contribution in [0.1, 0.15) is 31.7 Å². The Labute approximate surface area is 119 Å². The highest BCUT2D eigenvalue weighted by molar-refractivity contribution is 6.31. The Hall–Kier alpha value is -0.620. The van der Waals surface area contributed by atoms with E-state index in [0.717, 1.165) is 42.3 Å². The minimum absolute atomic E-state index is 0.162. The molecule has 0 bridgehead atoms. The van der Waals surface area contributed by atoms with E-state index in [1.54, 1.807) is 0 Å². The standard InChI is InChI=1S/C13H23ClN4O/c1-4-10-13(14)12(18(3)17-10)7-11(16-15)9-5-6-19-8(9)2/h8-9,11,16H,4-7,15H2,1-3H3. The third-order valence-electron chi connectivity index (χ3n) is 4.08. The predicted octanol–water partition coefficient (Wildman–Crippen LogP) is 1.44. The minimum Gasteiger partial charge on any atom is -0.378 e. The highest BCUT2D eigenvalue weighted by Crippen LogP contribution is 2.28. The van der Waals surface area contributed by atoms with E-state index in [-0.39, 0.29) is 12.1 Å². The predicted molar refractivity (Wildman–Crippen MR) is 75.9 cm³/mol. The summed E-state index contributed by atoms with van der Waals surface area (Å²) in [6.45, 7) is 4.97. The fourth-order valence-electron chi connectivity index (χ4n) is 2.86. The molecule has 3 N–H and O–H groups in total. The lowest BCUT2D eigenvalue weighted by Crippen LogP contribution is -2.45. The minimum atomic E-state index is 0.162. The van der Waals surface area contributed by atoms with E-state index >= 15 is 0 Å². The second-order valence-corrected chi connectivity index (χ2v) is 5.57. The average Bonchev–Trinajstić information content (AvgIpc) is 2.93. The van der Waals surface area contributed by atoms with Crippen molar-refractivity contribution in [2.24, 2.45) is 18.8 Å². The quantitative estimate of drug-likeness (QED) is 0.635. The second-order valence-electron chi connectivity index (χ2n) is 5.19.